The van der Waals surface area contributed by atoms with Gasteiger partial charge in [-0.25, -0.2) is 18.1 Å². The van der Waals surface area contributed by atoms with E-state index in [2.05, 4.69) is 19.7 Å². The molecule has 6 nitrogen and oxygen atoms in total. The molecular weight excluding hydrogens is 264 g/mol. The van der Waals surface area contributed by atoms with Crippen LogP contribution in [-0.4, -0.2) is 23.4 Å². The fourth-order valence-corrected chi connectivity index (χ4v) is 2.54. The molecule has 0 aliphatic heterocycles. The van der Waals surface area contributed by atoms with Gasteiger partial charge in [0.25, 0.3) is 10.0 Å². The summed E-state index contributed by atoms with van der Waals surface area (Å²) in [5.41, 5.74) is 1.85. The third kappa shape index (κ3) is 3.18. The van der Waals surface area contributed by atoms with E-state index in [-0.39, 0.29) is 11.6 Å². The summed E-state index contributed by atoms with van der Waals surface area (Å²) in [6.45, 7) is 4.03. The molecule has 0 radical (unpaired) electrons. The SMILES string of the molecule is CCc1ncc(S(=O)(=O)NCc2cnccc2C)[nH]1. The molecule has 0 bridgehead atoms. The Morgan fingerprint density at radius 2 is 2.16 bits per heavy atom. The van der Waals surface area contributed by atoms with Crippen molar-refractivity contribution >= 4 is 10.0 Å². The minimum absolute atomic E-state index is 0.0888. The van der Waals surface area contributed by atoms with Crippen LogP contribution in [0.2, 0.25) is 0 Å². The highest BCUT2D eigenvalue weighted by Crippen LogP contribution is 2.09. The van der Waals surface area contributed by atoms with E-state index >= 15 is 0 Å². The van der Waals surface area contributed by atoms with Gasteiger partial charge in [0.05, 0.1) is 6.20 Å². The number of imidazole rings is 1. The first kappa shape index (κ1) is 13.7. The Kier molecular flexibility index (Phi) is 3.96. The van der Waals surface area contributed by atoms with Crippen molar-refractivity contribution in [3.05, 3.63) is 41.6 Å². The molecule has 0 aliphatic rings. The number of nitrogens with one attached hydrogen (secondary N) is 2. The highest BCUT2D eigenvalue weighted by atomic mass is 32.2. The number of hydrogen-bond donors (Lipinski definition) is 2. The summed E-state index contributed by atoms with van der Waals surface area (Å²) in [5.74, 6) is 0.651. The number of H-pyrrole nitrogens is 1. The summed E-state index contributed by atoms with van der Waals surface area (Å²) in [6, 6.07) is 1.84. The number of rotatable bonds is 5. The quantitative estimate of drug-likeness (QED) is 0.860. The Morgan fingerprint density at radius 3 is 2.79 bits per heavy atom. The number of aryl methyl sites for hydroxylation is 2. The van der Waals surface area contributed by atoms with E-state index in [1.165, 1.54) is 6.20 Å². The zero-order chi connectivity index (χ0) is 13.9. The molecule has 102 valence electrons. The van der Waals surface area contributed by atoms with E-state index < -0.39 is 10.0 Å². The molecule has 2 rings (SSSR count). The monoisotopic (exact) mass is 280 g/mol. The smallest absolute Gasteiger partial charge is 0.257 e. The predicted molar refractivity (Wildman–Crippen MR) is 71.0 cm³/mol. The van der Waals surface area contributed by atoms with Crippen molar-refractivity contribution in [2.75, 3.05) is 0 Å². The van der Waals surface area contributed by atoms with Crippen LogP contribution in [0.15, 0.2) is 29.7 Å². The number of aromatic amines is 1. The summed E-state index contributed by atoms with van der Waals surface area (Å²) >= 11 is 0. The zero-order valence-electron chi connectivity index (χ0n) is 10.8. The molecule has 2 aromatic heterocycles. The maximum atomic E-state index is 12.0. The van der Waals surface area contributed by atoms with Gasteiger partial charge in [-0.15, -0.1) is 0 Å². The lowest BCUT2D eigenvalue weighted by Gasteiger charge is -2.06. The Labute approximate surface area is 112 Å². The van der Waals surface area contributed by atoms with Crippen molar-refractivity contribution in [1.29, 1.82) is 0 Å². The molecule has 0 aromatic carbocycles. The van der Waals surface area contributed by atoms with E-state index in [0.29, 0.717) is 12.2 Å². The van der Waals surface area contributed by atoms with Gasteiger partial charge in [-0.1, -0.05) is 6.92 Å². The van der Waals surface area contributed by atoms with Crippen LogP contribution in [0.25, 0.3) is 0 Å². The van der Waals surface area contributed by atoms with E-state index in [4.69, 9.17) is 0 Å². The Morgan fingerprint density at radius 1 is 1.37 bits per heavy atom. The van der Waals surface area contributed by atoms with Gasteiger partial charge in [0.2, 0.25) is 0 Å². The first-order valence-electron chi connectivity index (χ1n) is 5.96. The molecule has 0 spiro atoms. The van der Waals surface area contributed by atoms with Crippen LogP contribution in [0.5, 0.6) is 0 Å². The van der Waals surface area contributed by atoms with Crippen LogP contribution >= 0.6 is 0 Å². The van der Waals surface area contributed by atoms with Gasteiger partial charge < -0.3 is 4.98 Å². The Hall–Kier alpha value is -1.73. The lowest BCUT2D eigenvalue weighted by molar-refractivity contribution is 0.577. The summed E-state index contributed by atoms with van der Waals surface area (Å²) in [6.07, 6.45) is 5.33. The highest BCUT2D eigenvalue weighted by molar-refractivity contribution is 7.89. The maximum absolute atomic E-state index is 12.0. The predicted octanol–water partition coefficient (Wildman–Crippen LogP) is 1.15. The van der Waals surface area contributed by atoms with E-state index in [0.717, 1.165) is 11.1 Å². The van der Waals surface area contributed by atoms with Gasteiger partial charge >= 0.3 is 0 Å². The minimum Gasteiger partial charge on any atom is -0.332 e. The summed E-state index contributed by atoms with van der Waals surface area (Å²) in [5, 5.41) is 0.0888. The van der Waals surface area contributed by atoms with Crippen LogP contribution in [-0.2, 0) is 23.0 Å². The molecule has 0 atom stereocenters. The molecule has 0 amide bonds. The third-order valence-electron chi connectivity index (χ3n) is 2.83. The topological polar surface area (TPSA) is 87.7 Å². The fourth-order valence-electron chi connectivity index (χ4n) is 1.59. The number of nitrogens with zero attached hydrogens (tertiary/aromatic N) is 2. The number of pyridine rings is 1. The van der Waals surface area contributed by atoms with Gasteiger partial charge in [0.1, 0.15) is 5.82 Å². The summed E-state index contributed by atoms with van der Waals surface area (Å²) in [4.78, 5) is 10.7. The van der Waals surface area contributed by atoms with Crippen LogP contribution < -0.4 is 4.72 Å². The lowest BCUT2D eigenvalue weighted by atomic mass is 10.2. The van der Waals surface area contributed by atoms with Gasteiger partial charge in [-0.3, -0.25) is 4.98 Å². The molecule has 2 heterocycles. The second-order valence-electron chi connectivity index (χ2n) is 4.17. The Bertz CT molecular complexity index is 664. The molecule has 0 saturated heterocycles. The first-order valence-corrected chi connectivity index (χ1v) is 7.44. The van der Waals surface area contributed by atoms with Gasteiger partial charge in [0, 0.05) is 25.4 Å². The Balaban J connectivity index is 2.12. The number of hydrogen-bond acceptors (Lipinski definition) is 4. The van der Waals surface area contributed by atoms with Crippen LogP contribution in [0, 0.1) is 6.92 Å². The third-order valence-corrected chi connectivity index (χ3v) is 4.14. The average Bonchev–Trinajstić information content (AvgIpc) is 2.87. The van der Waals surface area contributed by atoms with Crippen molar-refractivity contribution in [2.45, 2.75) is 31.8 Å². The van der Waals surface area contributed by atoms with Crippen molar-refractivity contribution in [1.82, 2.24) is 19.7 Å². The molecule has 19 heavy (non-hydrogen) atoms. The van der Waals surface area contributed by atoms with Crippen molar-refractivity contribution in [3.63, 3.8) is 0 Å². The molecule has 0 fully saturated rings. The van der Waals surface area contributed by atoms with Crippen molar-refractivity contribution in [2.24, 2.45) is 0 Å². The van der Waals surface area contributed by atoms with Crippen LogP contribution in [0.3, 0.4) is 0 Å². The maximum Gasteiger partial charge on any atom is 0.257 e. The average molecular weight is 280 g/mol. The zero-order valence-corrected chi connectivity index (χ0v) is 11.7. The summed E-state index contributed by atoms with van der Waals surface area (Å²) in [7, 11) is -3.56. The van der Waals surface area contributed by atoms with E-state index in [1.54, 1.807) is 12.4 Å². The first-order chi connectivity index (χ1) is 9.03. The molecule has 0 aliphatic carbocycles. The second kappa shape index (κ2) is 5.50. The minimum atomic E-state index is -3.56. The van der Waals surface area contributed by atoms with E-state index in [9.17, 15) is 8.42 Å². The van der Waals surface area contributed by atoms with Crippen LogP contribution in [0.1, 0.15) is 23.9 Å². The van der Waals surface area contributed by atoms with Crippen molar-refractivity contribution in [3.8, 4) is 0 Å². The molecule has 0 saturated carbocycles. The molecule has 7 heteroatoms. The standard InChI is InChI=1S/C12H16N4O2S/c1-3-11-14-8-12(16-11)19(17,18)15-7-10-6-13-5-4-9(10)2/h4-6,8,15H,3,7H2,1-2H3,(H,14,16). The summed E-state index contributed by atoms with van der Waals surface area (Å²) < 4.78 is 26.6. The van der Waals surface area contributed by atoms with Gasteiger partial charge in [0.15, 0.2) is 5.03 Å². The second-order valence-corrected chi connectivity index (χ2v) is 5.91. The van der Waals surface area contributed by atoms with Gasteiger partial charge in [-0.2, -0.15) is 0 Å². The normalized spacial score (nSPS) is 11.7. The van der Waals surface area contributed by atoms with Gasteiger partial charge in [-0.05, 0) is 24.1 Å². The molecule has 0 unspecified atom stereocenters. The number of sulfonamides is 1. The highest BCUT2D eigenvalue weighted by Gasteiger charge is 2.16. The number of aromatic nitrogens is 3. The molecule has 2 N–H and O–H groups in total. The molecule has 2 aromatic rings. The largest absolute Gasteiger partial charge is 0.332 e. The van der Waals surface area contributed by atoms with Crippen molar-refractivity contribution < 1.29 is 8.42 Å². The fraction of sp³-hybridized carbons (Fsp3) is 0.333. The lowest BCUT2D eigenvalue weighted by Crippen LogP contribution is -2.24. The molecular formula is C12H16N4O2S. The van der Waals surface area contributed by atoms with E-state index in [1.807, 2.05) is 19.9 Å². The van der Waals surface area contributed by atoms with Crippen LogP contribution in [0.4, 0.5) is 0 Å².